The molecule has 1 amide bonds. The number of anilines is 1. The molecular formula is C15H9BrF3NO3. The van der Waals surface area contributed by atoms with Gasteiger partial charge in [0, 0.05) is 16.2 Å². The fourth-order valence-corrected chi connectivity index (χ4v) is 2.20. The van der Waals surface area contributed by atoms with Gasteiger partial charge in [0.15, 0.2) is 6.61 Å². The molecule has 0 bridgehead atoms. The Hall–Kier alpha value is -2.35. The minimum Gasteiger partial charge on any atom is -0.452 e. The first-order valence-electron chi connectivity index (χ1n) is 6.23. The Balaban J connectivity index is 1.94. The Kier molecular flexibility index (Phi) is 5.38. The van der Waals surface area contributed by atoms with Crippen molar-refractivity contribution in [3.63, 3.8) is 0 Å². The number of hydrogen-bond acceptors (Lipinski definition) is 3. The lowest BCUT2D eigenvalue weighted by Crippen LogP contribution is -2.21. The molecule has 0 saturated carbocycles. The smallest absolute Gasteiger partial charge is 0.339 e. The van der Waals surface area contributed by atoms with Gasteiger partial charge in [0.1, 0.15) is 17.5 Å². The van der Waals surface area contributed by atoms with Gasteiger partial charge in [0.25, 0.3) is 5.91 Å². The maximum Gasteiger partial charge on any atom is 0.339 e. The molecule has 2 rings (SSSR count). The van der Waals surface area contributed by atoms with Crippen molar-refractivity contribution in [1.82, 2.24) is 0 Å². The lowest BCUT2D eigenvalue weighted by molar-refractivity contribution is -0.119. The van der Waals surface area contributed by atoms with Crippen LogP contribution in [0.5, 0.6) is 0 Å². The highest BCUT2D eigenvalue weighted by Crippen LogP contribution is 2.19. The molecule has 8 heteroatoms. The zero-order chi connectivity index (χ0) is 17.0. The lowest BCUT2D eigenvalue weighted by Gasteiger charge is -2.08. The predicted octanol–water partition coefficient (Wildman–Crippen LogP) is 3.66. The molecule has 0 unspecified atom stereocenters. The van der Waals surface area contributed by atoms with E-state index in [1.54, 1.807) is 0 Å². The molecule has 4 nitrogen and oxygen atoms in total. The summed E-state index contributed by atoms with van der Waals surface area (Å²) in [4.78, 5) is 23.4. The molecule has 23 heavy (non-hydrogen) atoms. The molecule has 0 aliphatic heterocycles. The van der Waals surface area contributed by atoms with Crippen molar-refractivity contribution < 1.29 is 27.5 Å². The van der Waals surface area contributed by atoms with E-state index in [-0.39, 0.29) is 15.7 Å². The maximum absolute atomic E-state index is 13.0. The van der Waals surface area contributed by atoms with Crippen LogP contribution in [-0.2, 0) is 9.53 Å². The molecular weight excluding hydrogens is 379 g/mol. The Morgan fingerprint density at radius 2 is 1.65 bits per heavy atom. The highest BCUT2D eigenvalue weighted by molar-refractivity contribution is 9.10. The van der Waals surface area contributed by atoms with Crippen molar-refractivity contribution in [2.45, 2.75) is 0 Å². The van der Waals surface area contributed by atoms with Gasteiger partial charge >= 0.3 is 5.97 Å². The van der Waals surface area contributed by atoms with Crippen LogP contribution in [0.2, 0.25) is 0 Å². The van der Waals surface area contributed by atoms with Gasteiger partial charge in [0.05, 0.1) is 5.56 Å². The fraction of sp³-hybridized carbons (Fsp3) is 0.0667. The number of benzene rings is 2. The third-order valence-corrected chi connectivity index (χ3v) is 3.29. The van der Waals surface area contributed by atoms with E-state index >= 15 is 0 Å². The number of carbonyl (C=O) groups is 2. The first-order valence-corrected chi connectivity index (χ1v) is 7.02. The summed E-state index contributed by atoms with van der Waals surface area (Å²) < 4.78 is 43.8. The molecule has 0 aliphatic rings. The first-order chi connectivity index (χ1) is 10.8. The van der Waals surface area contributed by atoms with E-state index in [1.807, 2.05) is 0 Å². The van der Waals surface area contributed by atoms with E-state index in [2.05, 4.69) is 21.2 Å². The van der Waals surface area contributed by atoms with Crippen LogP contribution in [0.1, 0.15) is 10.4 Å². The molecule has 1 N–H and O–H groups in total. The van der Waals surface area contributed by atoms with Gasteiger partial charge in [-0.3, -0.25) is 4.79 Å². The maximum atomic E-state index is 13.0. The number of esters is 1. The zero-order valence-electron chi connectivity index (χ0n) is 11.4. The average Bonchev–Trinajstić information content (AvgIpc) is 2.43. The minimum absolute atomic E-state index is 0.0380. The third-order valence-electron chi connectivity index (χ3n) is 2.63. The number of halogens is 4. The SMILES string of the molecule is O=C(COC(=O)c1ccc(F)cc1Br)Nc1cc(F)cc(F)c1. The van der Waals surface area contributed by atoms with E-state index < -0.39 is 35.9 Å². The molecule has 0 aliphatic carbocycles. The molecule has 2 aromatic rings. The summed E-state index contributed by atoms with van der Waals surface area (Å²) in [7, 11) is 0. The Morgan fingerprint density at radius 1 is 1.00 bits per heavy atom. The summed E-state index contributed by atoms with van der Waals surface area (Å²) >= 11 is 3.00. The van der Waals surface area contributed by atoms with Crippen LogP contribution >= 0.6 is 15.9 Å². The summed E-state index contributed by atoms with van der Waals surface area (Å²) in [5.41, 5.74) is -0.0671. The van der Waals surface area contributed by atoms with Gasteiger partial charge < -0.3 is 10.1 Å². The first kappa shape index (κ1) is 17.0. The van der Waals surface area contributed by atoms with Crippen LogP contribution < -0.4 is 5.32 Å². The van der Waals surface area contributed by atoms with Crippen molar-refractivity contribution in [2.24, 2.45) is 0 Å². The summed E-state index contributed by atoms with van der Waals surface area (Å²) in [6, 6.07) is 5.82. The quantitative estimate of drug-likeness (QED) is 0.814. The van der Waals surface area contributed by atoms with Crippen LogP contribution in [0.3, 0.4) is 0 Å². The molecule has 0 aromatic heterocycles. The second-order valence-corrected chi connectivity index (χ2v) is 5.26. The number of rotatable bonds is 4. The van der Waals surface area contributed by atoms with Crippen LogP contribution in [-0.4, -0.2) is 18.5 Å². The number of carbonyl (C=O) groups excluding carboxylic acids is 2. The fourth-order valence-electron chi connectivity index (χ4n) is 1.69. The largest absolute Gasteiger partial charge is 0.452 e. The highest BCUT2D eigenvalue weighted by atomic mass is 79.9. The van der Waals surface area contributed by atoms with Gasteiger partial charge in [-0.25, -0.2) is 18.0 Å². The molecule has 0 fully saturated rings. The van der Waals surface area contributed by atoms with Crippen molar-refractivity contribution in [3.8, 4) is 0 Å². The van der Waals surface area contributed by atoms with Gasteiger partial charge in [-0.05, 0) is 46.3 Å². The van der Waals surface area contributed by atoms with Crippen LogP contribution in [0.25, 0.3) is 0 Å². The monoisotopic (exact) mass is 387 g/mol. The summed E-state index contributed by atoms with van der Waals surface area (Å²) in [6.45, 7) is -0.666. The lowest BCUT2D eigenvalue weighted by atomic mass is 10.2. The summed E-state index contributed by atoms with van der Waals surface area (Å²) in [5, 5.41) is 2.19. The molecule has 2 aromatic carbocycles. The van der Waals surface area contributed by atoms with Crippen molar-refractivity contribution >= 4 is 33.5 Å². The Bertz CT molecular complexity index is 747. The minimum atomic E-state index is -0.854. The van der Waals surface area contributed by atoms with Gasteiger partial charge in [0.2, 0.25) is 0 Å². The zero-order valence-corrected chi connectivity index (χ0v) is 13.0. The van der Waals surface area contributed by atoms with Crippen LogP contribution in [0, 0.1) is 17.5 Å². The average molecular weight is 388 g/mol. The Morgan fingerprint density at radius 3 is 2.26 bits per heavy atom. The van der Waals surface area contributed by atoms with Crippen LogP contribution in [0.4, 0.5) is 18.9 Å². The van der Waals surface area contributed by atoms with E-state index in [9.17, 15) is 22.8 Å². The van der Waals surface area contributed by atoms with Gasteiger partial charge in [-0.2, -0.15) is 0 Å². The van der Waals surface area contributed by atoms with Crippen molar-refractivity contribution in [3.05, 3.63) is 63.9 Å². The van der Waals surface area contributed by atoms with E-state index in [1.165, 1.54) is 6.07 Å². The molecule has 120 valence electrons. The van der Waals surface area contributed by atoms with Crippen molar-refractivity contribution in [1.29, 1.82) is 0 Å². The number of ether oxygens (including phenoxy) is 1. The van der Waals surface area contributed by atoms with Gasteiger partial charge in [-0.15, -0.1) is 0 Å². The van der Waals surface area contributed by atoms with Gasteiger partial charge in [-0.1, -0.05) is 0 Å². The predicted molar refractivity (Wildman–Crippen MR) is 79.4 cm³/mol. The van der Waals surface area contributed by atoms with Crippen molar-refractivity contribution in [2.75, 3.05) is 11.9 Å². The second kappa shape index (κ2) is 7.28. The number of hydrogen-bond donors (Lipinski definition) is 1. The number of nitrogens with one attached hydrogen (secondary N) is 1. The summed E-state index contributed by atoms with van der Waals surface area (Å²) in [6.07, 6.45) is 0. The second-order valence-electron chi connectivity index (χ2n) is 4.41. The molecule has 0 spiro atoms. The highest BCUT2D eigenvalue weighted by Gasteiger charge is 2.14. The van der Waals surface area contributed by atoms with E-state index in [4.69, 9.17) is 4.74 Å². The standard InChI is InChI=1S/C15H9BrF3NO3/c16-13-6-8(17)1-2-12(13)15(22)23-7-14(21)20-11-4-9(18)3-10(19)5-11/h1-6H,7H2,(H,20,21). The molecule has 0 saturated heterocycles. The molecule has 0 atom stereocenters. The third kappa shape index (κ3) is 4.82. The summed E-state index contributed by atoms with van der Waals surface area (Å²) in [5.74, 6) is -3.88. The molecule has 0 heterocycles. The number of amides is 1. The topological polar surface area (TPSA) is 55.4 Å². The normalized spacial score (nSPS) is 10.3. The Labute approximate surface area is 137 Å². The molecule has 0 radical (unpaired) electrons. The van der Waals surface area contributed by atoms with E-state index in [0.717, 1.165) is 24.3 Å². The van der Waals surface area contributed by atoms with E-state index in [0.29, 0.717) is 6.07 Å². The van der Waals surface area contributed by atoms with Crippen LogP contribution in [0.15, 0.2) is 40.9 Å².